The Hall–Kier alpha value is -3.16. The number of allylic oxidation sites excluding steroid dienone is 13. The van der Waals surface area contributed by atoms with E-state index in [1.54, 1.807) is 6.08 Å². The van der Waals surface area contributed by atoms with Crippen LogP contribution in [0.1, 0.15) is 310 Å². The van der Waals surface area contributed by atoms with Crippen molar-refractivity contribution < 1.29 is 49.3 Å². The number of unbranched alkanes of at least 4 members (excludes halogenated alkanes) is 34. The Labute approximate surface area is 521 Å². The lowest BCUT2D eigenvalue weighted by Gasteiger charge is -2.41. The van der Waals surface area contributed by atoms with Crippen molar-refractivity contribution in [3.63, 3.8) is 0 Å². The van der Waals surface area contributed by atoms with Crippen molar-refractivity contribution in [1.29, 1.82) is 0 Å². The first-order valence-electron chi connectivity index (χ1n) is 35.4. The molecule has 1 fully saturated rings. The van der Waals surface area contributed by atoms with Gasteiger partial charge in [-0.05, 0) is 103 Å². The second-order valence-electron chi connectivity index (χ2n) is 24.3. The van der Waals surface area contributed by atoms with Gasteiger partial charge in [0.05, 0.1) is 25.4 Å². The third-order valence-corrected chi connectivity index (χ3v) is 16.3. The number of hydrogen-bond acceptors (Lipinski definition) is 10. The van der Waals surface area contributed by atoms with Crippen LogP contribution in [0.2, 0.25) is 0 Å². The highest BCUT2D eigenvalue weighted by molar-refractivity contribution is 5.80. The molecule has 1 amide bonds. The standard InChI is InChI=1S/C74H131NO10/c1-4-7-10-13-16-19-22-24-26-28-30-32-33-34-36-37-39-41-43-46-49-52-55-58-61-67(78)73(82)75-65(66(77)60-57-54-51-48-45-21-18-15-12-9-6-3)64-83-74-72(71(81)70(80)68(63-76)84-74)85-69(79)62-59-56-53-50-47-44-42-40-38-35-31-29-27-25-23-20-17-14-11-8-5-2/h16-17,19-20,24-27,31,35,40,42,57,60,65-68,70-72,74,76-78,80-81H,4-15,18,21-23,28-30,32-34,36-39,41,43-56,58-59,61-64H2,1-3H3,(H,75,82)/b19-16-,20-17-,26-24-,27-25-,35-31-,42-40-,60-57+. The largest absolute Gasteiger partial charge is 0.454 e. The zero-order chi connectivity index (χ0) is 61.7. The number of aliphatic hydroxyl groups is 5. The van der Waals surface area contributed by atoms with Crippen LogP contribution in [0.3, 0.4) is 0 Å². The molecule has 0 bridgehead atoms. The van der Waals surface area contributed by atoms with Crippen molar-refractivity contribution in [2.24, 2.45) is 0 Å². The fourth-order valence-corrected chi connectivity index (χ4v) is 10.7. The summed E-state index contributed by atoms with van der Waals surface area (Å²) in [6.45, 7) is 5.75. The van der Waals surface area contributed by atoms with Crippen LogP contribution in [0, 0.1) is 0 Å². The molecule has 11 heteroatoms. The summed E-state index contributed by atoms with van der Waals surface area (Å²) in [6, 6.07) is -1.03. The molecule has 0 spiro atoms. The molecule has 11 nitrogen and oxygen atoms in total. The first-order valence-corrected chi connectivity index (χ1v) is 35.4. The molecule has 85 heavy (non-hydrogen) atoms. The van der Waals surface area contributed by atoms with Crippen LogP contribution >= 0.6 is 0 Å². The molecule has 0 aromatic heterocycles. The summed E-state index contributed by atoms with van der Waals surface area (Å²) in [6.07, 6.45) is 70.5. The van der Waals surface area contributed by atoms with E-state index in [0.29, 0.717) is 12.8 Å². The summed E-state index contributed by atoms with van der Waals surface area (Å²) in [5.41, 5.74) is 0. The summed E-state index contributed by atoms with van der Waals surface area (Å²) < 4.78 is 17.7. The van der Waals surface area contributed by atoms with E-state index in [1.807, 2.05) is 6.08 Å². The molecule has 1 saturated heterocycles. The van der Waals surface area contributed by atoms with Crippen LogP contribution < -0.4 is 5.32 Å². The van der Waals surface area contributed by atoms with E-state index in [2.05, 4.69) is 99.0 Å². The maximum atomic E-state index is 13.5. The number of carbonyl (C=O) groups is 2. The van der Waals surface area contributed by atoms with Crippen LogP contribution in [0.25, 0.3) is 0 Å². The van der Waals surface area contributed by atoms with E-state index in [9.17, 15) is 35.1 Å². The molecule has 1 rings (SSSR count). The van der Waals surface area contributed by atoms with Gasteiger partial charge in [-0.1, -0.05) is 286 Å². The summed E-state index contributed by atoms with van der Waals surface area (Å²) in [4.78, 5) is 26.7. The molecule has 1 heterocycles. The highest BCUT2D eigenvalue weighted by Crippen LogP contribution is 2.26. The fourth-order valence-electron chi connectivity index (χ4n) is 10.7. The molecule has 0 saturated carbocycles. The summed E-state index contributed by atoms with van der Waals surface area (Å²) in [7, 11) is 0. The van der Waals surface area contributed by atoms with Gasteiger partial charge in [0.15, 0.2) is 12.4 Å². The van der Waals surface area contributed by atoms with Crippen LogP contribution in [0.4, 0.5) is 0 Å². The number of amides is 1. The number of ether oxygens (including phenoxy) is 3. The predicted molar refractivity (Wildman–Crippen MR) is 356 cm³/mol. The first kappa shape index (κ1) is 79.9. The SMILES string of the molecule is CCCCC/C=C\C/C=C\C/C=C\C/C=C\CCCCCCCC(=O)OC1C(OCC(NC(=O)C(O)CCCCCCCCCCCCCCCC/C=C\C/C=C\CCCCC)C(O)/C=C/CCCCCCCCCCC)OC(CO)C(O)C1O. The molecule has 0 radical (unpaired) electrons. The maximum Gasteiger partial charge on any atom is 0.306 e. The Kier molecular flexibility index (Phi) is 57.4. The average Bonchev–Trinajstić information content (AvgIpc) is 2.91. The van der Waals surface area contributed by atoms with Crippen LogP contribution in [0.5, 0.6) is 0 Å². The Morgan fingerprint density at radius 3 is 1.24 bits per heavy atom. The average molecular weight is 1190 g/mol. The van der Waals surface area contributed by atoms with Gasteiger partial charge >= 0.3 is 5.97 Å². The number of hydrogen-bond donors (Lipinski definition) is 6. The number of aliphatic hydroxyl groups excluding tert-OH is 5. The minimum absolute atomic E-state index is 0.100. The maximum absolute atomic E-state index is 13.5. The van der Waals surface area contributed by atoms with Crippen molar-refractivity contribution in [3.8, 4) is 0 Å². The number of esters is 1. The Morgan fingerprint density at radius 2 is 0.812 bits per heavy atom. The molecular formula is C74H131NO10. The number of nitrogens with one attached hydrogen (secondary N) is 1. The van der Waals surface area contributed by atoms with Gasteiger partial charge in [0, 0.05) is 6.42 Å². The minimum Gasteiger partial charge on any atom is -0.454 e. The molecule has 8 atom stereocenters. The number of carbonyl (C=O) groups excluding carboxylic acids is 2. The van der Waals surface area contributed by atoms with E-state index in [0.717, 1.165) is 96.3 Å². The molecule has 6 N–H and O–H groups in total. The van der Waals surface area contributed by atoms with Crippen LogP contribution in [-0.2, 0) is 23.8 Å². The Bertz CT molecular complexity index is 1710. The third-order valence-electron chi connectivity index (χ3n) is 16.3. The molecule has 0 aromatic carbocycles. The van der Waals surface area contributed by atoms with Gasteiger partial charge < -0.3 is 45.1 Å². The summed E-state index contributed by atoms with van der Waals surface area (Å²) >= 11 is 0. The second-order valence-corrected chi connectivity index (χ2v) is 24.3. The second kappa shape index (κ2) is 61.1. The van der Waals surface area contributed by atoms with E-state index in [-0.39, 0.29) is 19.4 Å². The monoisotopic (exact) mass is 1190 g/mol. The molecule has 0 aromatic rings. The minimum atomic E-state index is -1.63. The van der Waals surface area contributed by atoms with Crippen molar-refractivity contribution in [3.05, 3.63) is 85.1 Å². The normalized spacial score (nSPS) is 18.9. The molecule has 1 aliphatic rings. The Balaban J connectivity index is 2.57. The van der Waals surface area contributed by atoms with E-state index >= 15 is 0 Å². The van der Waals surface area contributed by atoms with E-state index in [1.165, 1.54) is 167 Å². The highest BCUT2D eigenvalue weighted by Gasteiger charge is 2.47. The van der Waals surface area contributed by atoms with Crippen molar-refractivity contribution in [2.45, 2.75) is 359 Å². The van der Waals surface area contributed by atoms with Crippen molar-refractivity contribution >= 4 is 11.9 Å². The number of rotatable bonds is 60. The third kappa shape index (κ3) is 48.4. The van der Waals surface area contributed by atoms with Gasteiger partial charge in [-0.15, -0.1) is 0 Å². The zero-order valence-corrected chi connectivity index (χ0v) is 54.7. The highest BCUT2D eigenvalue weighted by atomic mass is 16.7. The van der Waals surface area contributed by atoms with Gasteiger partial charge in [0.1, 0.15) is 24.4 Å². The fraction of sp³-hybridized carbons (Fsp3) is 0.784. The quantitative estimate of drug-likeness (QED) is 0.0195. The molecule has 492 valence electrons. The van der Waals surface area contributed by atoms with Gasteiger partial charge in [0.2, 0.25) is 5.91 Å². The van der Waals surface area contributed by atoms with Crippen LogP contribution in [-0.4, -0.2) is 99.6 Å². The van der Waals surface area contributed by atoms with Crippen molar-refractivity contribution in [1.82, 2.24) is 5.32 Å². The van der Waals surface area contributed by atoms with E-state index in [4.69, 9.17) is 14.2 Å². The van der Waals surface area contributed by atoms with Crippen LogP contribution in [0.15, 0.2) is 85.1 Å². The Morgan fingerprint density at radius 1 is 0.459 bits per heavy atom. The predicted octanol–water partition coefficient (Wildman–Crippen LogP) is 18.1. The first-order chi connectivity index (χ1) is 41.7. The smallest absolute Gasteiger partial charge is 0.306 e. The lowest BCUT2D eigenvalue weighted by Crippen LogP contribution is -2.61. The molecule has 8 unspecified atom stereocenters. The van der Waals surface area contributed by atoms with Crippen molar-refractivity contribution in [2.75, 3.05) is 13.2 Å². The zero-order valence-electron chi connectivity index (χ0n) is 54.7. The molecule has 0 aliphatic carbocycles. The van der Waals surface area contributed by atoms with E-state index < -0.39 is 67.4 Å². The topological polar surface area (TPSA) is 175 Å². The molecular weight excluding hydrogens is 1060 g/mol. The summed E-state index contributed by atoms with van der Waals surface area (Å²) in [5.74, 6) is -1.21. The lowest BCUT2D eigenvalue weighted by molar-refractivity contribution is -0.305. The van der Waals surface area contributed by atoms with Gasteiger partial charge in [0.25, 0.3) is 0 Å². The van der Waals surface area contributed by atoms with Gasteiger partial charge in [-0.2, -0.15) is 0 Å². The lowest BCUT2D eigenvalue weighted by atomic mass is 9.99. The van der Waals surface area contributed by atoms with Gasteiger partial charge in [-0.3, -0.25) is 9.59 Å². The molecule has 1 aliphatic heterocycles. The summed E-state index contributed by atoms with van der Waals surface area (Å²) in [5, 5.41) is 57.2. The van der Waals surface area contributed by atoms with Gasteiger partial charge in [-0.25, -0.2) is 0 Å².